The molecule has 0 bridgehead atoms. The van der Waals surface area contributed by atoms with Crippen molar-refractivity contribution in [1.29, 1.82) is 0 Å². The lowest BCUT2D eigenvalue weighted by Gasteiger charge is -2.35. The average molecular weight is 356 g/mol. The lowest BCUT2D eigenvalue weighted by Crippen LogP contribution is -2.44. The molecule has 1 fully saturated rings. The number of thiocarbonyl (C=S) groups is 1. The number of nitrogens with one attached hydrogen (secondary N) is 1. The molecular formula is C14H18BrN3OS. The highest BCUT2D eigenvalue weighted by Crippen LogP contribution is 2.27. The molecule has 1 aromatic rings. The van der Waals surface area contributed by atoms with Crippen LogP contribution in [-0.2, 0) is 4.79 Å². The number of anilines is 1. The Morgan fingerprint density at radius 3 is 2.65 bits per heavy atom. The maximum Gasteiger partial charge on any atom is 0.217 e. The number of nitrogens with two attached hydrogens (primary N) is 1. The fraction of sp³-hybridized carbons (Fsp3) is 0.429. The molecule has 1 aliphatic rings. The third-order valence-electron chi connectivity index (χ3n) is 3.47. The molecule has 1 heterocycles. The monoisotopic (exact) mass is 355 g/mol. The number of rotatable bonds is 3. The van der Waals surface area contributed by atoms with E-state index in [1.807, 2.05) is 18.2 Å². The van der Waals surface area contributed by atoms with E-state index in [-0.39, 0.29) is 11.9 Å². The van der Waals surface area contributed by atoms with E-state index in [0.717, 1.165) is 41.7 Å². The minimum Gasteiger partial charge on any atom is -0.389 e. The summed E-state index contributed by atoms with van der Waals surface area (Å²) >= 11 is 8.61. The van der Waals surface area contributed by atoms with Gasteiger partial charge in [0.05, 0.1) is 0 Å². The molecule has 1 amide bonds. The Labute approximate surface area is 132 Å². The van der Waals surface area contributed by atoms with Crippen LogP contribution < -0.4 is 16.0 Å². The molecule has 3 N–H and O–H groups in total. The van der Waals surface area contributed by atoms with Crippen LogP contribution in [0.25, 0.3) is 0 Å². The van der Waals surface area contributed by atoms with Crippen LogP contribution in [0.5, 0.6) is 0 Å². The number of carbonyl (C=O) groups excluding carboxylic acids is 1. The van der Waals surface area contributed by atoms with Crippen molar-refractivity contribution in [3.8, 4) is 0 Å². The topological polar surface area (TPSA) is 58.4 Å². The van der Waals surface area contributed by atoms with Gasteiger partial charge in [-0.05, 0) is 31.0 Å². The Morgan fingerprint density at radius 2 is 2.10 bits per heavy atom. The molecule has 2 rings (SSSR count). The van der Waals surface area contributed by atoms with Gasteiger partial charge in [0.1, 0.15) is 4.99 Å². The molecule has 20 heavy (non-hydrogen) atoms. The lowest BCUT2D eigenvalue weighted by molar-refractivity contribution is -0.119. The van der Waals surface area contributed by atoms with Crippen molar-refractivity contribution in [2.75, 3.05) is 18.0 Å². The SMILES string of the molecule is CC(=O)NC1CCN(c2cc(Br)ccc2C(N)=S)CC1. The summed E-state index contributed by atoms with van der Waals surface area (Å²) in [6.07, 6.45) is 1.87. The molecule has 108 valence electrons. The maximum absolute atomic E-state index is 11.1. The average Bonchev–Trinajstić information content (AvgIpc) is 2.38. The number of piperidine rings is 1. The first-order valence-electron chi connectivity index (χ1n) is 6.59. The van der Waals surface area contributed by atoms with Crippen LogP contribution in [0, 0.1) is 0 Å². The van der Waals surface area contributed by atoms with Gasteiger partial charge < -0.3 is 16.0 Å². The predicted molar refractivity (Wildman–Crippen MR) is 89.1 cm³/mol. The highest BCUT2D eigenvalue weighted by Gasteiger charge is 2.22. The van der Waals surface area contributed by atoms with Gasteiger partial charge >= 0.3 is 0 Å². The number of halogens is 1. The second kappa shape index (κ2) is 6.54. The van der Waals surface area contributed by atoms with Crippen molar-refractivity contribution in [2.24, 2.45) is 5.73 Å². The molecule has 0 aromatic heterocycles. The Morgan fingerprint density at radius 1 is 1.45 bits per heavy atom. The van der Waals surface area contributed by atoms with E-state index in [0.29, 0.717) is 4.99 Å². The molecule has 0 saturated carbocycles. The van der Waals surface area contributed by atoms with Gasteiger partial charge in [-0.25, -0.2) is 0 Å². The summed E-state index contributed by atoms with van der Waals surface area (Å²) in [5.74, 6) is 0.0368. The standard InChI is InChI=1S/C14H18BrN3OS/c1-9(19)17-11-4-6-18(7-5-11)13-8-10(15)2-3-12(13)14(16)20/h2-3,8,11H,4-7H2,1H3,(H2,16,20)(H,17,19). The molecule has 0 unspecified atom stereocenters. The number of hydrogen-bond acceptors (Lipinski definition) is 3. The Kier molecular flexibility index (Phi) is 4.99. The van der Waals surface area contributed by atoms with Gasteiger partial charge in [-0.15, -0.1) is 0 Å². The van der Waals surface area contributed by atoms with Crippen molar-refractivity contribution in [3.05, 3.63) is 28.2 Å². The molecule has 1 saturated heterocycles. The first-order valence-corrected chi connectivity index (χ1v) is 7.79. The summed E-state index contributed by atoms with van der Waals surface area (Å²) in [5, 5.41) is 2.98. The van der Waals surface area contributed by atoms with Crippen LogP contribution >= 0.6 is 28.1 Å². The fourth-order valence-electron chi connectivity index (χ4n) is 2.53. The molecule has 0 radical (unpaired) electrons. The summed E-state index contributed by atoms with van der Waals surface area (Å²) in [4.78, 5) is 13.8. The third kappa shape index (κ3) is 3.70. The van der Waals surface area contributed by atoms with Gasteiger partial charge in [0.2, 0.25) is 5.91 Å². The summed E-state index contributed by atoms with van der Waals surface area (Å²) < 4.78 is 1.01. The molecule has 4 nitrogen and oxygen atoms in total. The lowest BCUT2D eigenvalue weighted by atomic mass is 10.0. The van der Waals surface area contributed by atoms with E-state index >= 15 is 0 Å². The molecule has 1 aromatic carbocycles. The number of hydrogen-bond donors (Lipinski definition) is 2. The Balaban J connectivity index is 2.12. The maximum atomic E-state index is 11.1. The normalized spacial score (nSPS) is 16.0. The zero-order valence-corrected chi connectivity index (χ0v) is 13.8. The minimum absolute atomic E-state index is 0.0368. The first kappa shape index (κ1) is 15.3. The highest BCUT2D eigenvalue weighted by molar-refractivity contribution is 9.10. The summed E-state index contributed by atoms with van der Waals surface area (Å²) in [5.41, 5.74) is 7.76. The molecule has 0 aliphatic carbocycles. The van der Waals surface area contributed by atoms with Crippen LogP contribution in [0.15, 0.2) is 22.7 Å². The summed E-state index contributed by atoms with van der Waals surface area (Å²) in [6, 6.07) is 6.21. The quantitative estimate of drug-likeness (QED) is 0.816. The van der Waals surface area contributed by atoms with E-state index < -0.39 is 0 Å². The fourth-order valence-corrected chi connectivity index (χ4v) is 3.05. The minimum atomic E-state index is 0.0368. The van der Waals surface area contributed by atoms with Crippen LogP contribution in [-0.4, -0.2) is 30.0 Å². The summed E-state index contributed by atoms with van der Waals surface area (Å²) in [6.45, 7) is 3.33. The van der Waals surface area contributed by atoms with E-state index in [2.05, 4.69) is 26.1 Å². The number of amides is 1. The predicted octanol–water partition coefficient (Wildman–Crippen LogP) is 2.19. The number of benzene rings is 1. The molecule has 0 atom stereocenters. The van der Waals surface area contributed by atoms with E-state index in [4.69, 9.17) is 18.0 Å². The van der Waals surface area contributed by atoms with E-state index in [1.54, 1.807) is 6.92 Å². The molecule has 6 heteroatoms. The van der Waals surface area contributed by atoms with Crippen molar-refractivity contribution in [2.45, 2.75) is 25.8 Å². The van der Waals surface area contributed by atoms with Gasteiger partial charge in [-0.1, -0.05) is 28.1 Å². The Bertz CT molecular complexity index is 527. The third-order valence-corrected chi connectivity index (χ3v) is 4.18. The first-order chi connectivity index (χ1) is 9.47. The van der Waals surface area contributed by atoms with Gasteiger partial charge in [0.15, 0.2) is 0 Å². The largest absolute Gasteiger partial charge is 0.389 e. The van der Waals surface area contributed by atoms with Crippen molar-refractivity contribution in [3.63, 3.8) is 0 Å². The van der Waals surface area contributed by atoms with Crippen LogP contribution in [0.1, 0.15) is 25.3 Å². The van der Waals surface area contributed by atoms with Crippen molar-refractivity contribution < 1.29 is 4.79 Å². The molecular weight excluding hydrogens is 338 g/mol. The van der Waals surface area contributed by atoms with Crippen molar-refractivity contribution >= 4 is 44.7 Å². The zero-order chi connectivity index (χ0) is 14.7. The van der Waals surface area contributed by atoms with E-state index in [1.165, 1.54) is 0 Å². The second-order valence-electron chi connectivity index (χ2n) is 4.99. The van der Waals surface area contributed by atoms with Gasteiger partial charge in [-0.2, -0.15) is 0 Å². The van der Waals surface area contributed by atoms with E-state index in [9.17, 15) is 4.79 Å². The smallest absolute Gasteiger partial charge is 0.217 e. The van der Waals surface area contributed by atoms with Gasteiger partial charge in [0.25, 0.3) is 0 Å². The number of nitrogens with zero attached hydrogens (tertiary/aromatic N) is 1. The molecule has 1 aliphatic heterocycles. The van der Waals surface area contributed by atoms with Crippen LogP contribution in [0.4, 0.5) is 5.69 Å². The molecule has 0 spiro atoms. The highest BCUT2D eigenvalue weighted by atomic mass is 79.9. The summed E-state index contributed by atoms with van der Waals surface area (Å²) in [7, 11) is 0. The van der Waals surface area contributed by atoms with Crippen LogP contribution in [0.2, 0.25) is 0 Å². The number of carbonyl (C=O) groups is 1. The van der Waals surface area contributed by atoms with Gasteiger partial charge in [-0.3, -0.25) is 4.79 Å². The Hall–Kier alpha value is -1.14. The van der Waals surface area contributed by atoms with Gasteiger partial charge in [0, 0.05) is 41.8 Å². The second-order valence-corrected chi connectivity index (χ2v) is 6.34. The van der Waals surface area contributed by atoms with Crippen molar-refractivity contribution in [1.82, 2.24) is 5.32 Å². The van der Waals surface area contributed by atoms with Crippen LogP contribution in [0.3, 0.4) is 0 Å². The zero-order valence-electron chi connectivity index (χ0n) is 11.4.